The van der Waals surface area contributed by atoms with Gasteiger partial charge < -0.3 is 24.4 Å². The fraction of sp³-hybridized carbons (Fsp3) is 0.759. The maximum absolute atomic E-state index is 14.3. The standard InChI is InChI=1S/C29H46N2O6/c1-7-10-20-36-26(35)22-21-24(33)30(18-13-11-12-14-19-32)23(25(34)31(17-8-2)27(4,5)6)29(21)16-15-28(22,9-3)37-29/h7-8,21-23,32H,1-2,9-20H2,3-6H3/t21-,22+,23?,28-,29?/m0/s1. The van der Waals surface area contributed by atoms with Crippen LogP contribution in [0.1, 0.15) is 79.1 Å². The molecule has 0 aromatic carbocycles. The first kappa shape index (κ1) is 29.4. The Morgan fingerprint density at radius 2 is 1.89 bits per heavy atom. The second-order valence-electron chi connectivity index (χ2n) is 11.7. The van der Waals surface area contributed by atoms with Crippen LogP contribution < -0.4 is 0 Å². The van der Waals surface area contributed by atoms with E-state index in [1.54, 1.807) is 22.0 Å². The van der Waals surface area contributed by atoms with E-state index in [1.807, 2.05) is 27.7 Å². The number of aliphatic hydroxyl groups is 1. The molecule has 2 bridgehead atoms. The van der Waals surface area contributed by atoms with Gasteiger partial charge in [-0.25, -0.2) is 0 Å². The maximum Gasteiger partial charge on any atom is 0.312 e. The molecular formula is C29H46N2O6. The number of fused-ring (bicyclic) bond motifs is 1. The Bertz CT molecular complexity index is 882. The number of aliphatic hydroxyl groups excluding tert-OH is 1. The van der Waals surface area contributed by atoms with Crippen molar-refractivity contribution in [1.82, 2.24) is 9.80 Å². The SMILES string of the molecule is C=CCCOC(=O)[C@H]1[C@H]2C(=O)N(CCCCCCO)C(C(=O)N(CC=C)C(C)(C)C)C23CC[C@]1(CC)O3. The molecule has 3 aliphatic rings. The lowest BCUT2D eigenvalue weighted by Crippen LogP contribution is -2.60. The van der Waals surface area contributed by atoms with Gasteiger partial charge in [-0.1, -0.05) is 31.9 Å². The molecule has 2 unspecified atom stereocenters. The topological polar surface area (TPSA) is 96.4 Å². The minimum Gasteiger partial charge on any atom is -0.465 e. The third-order valence-electron chi connectivity index (χ3n) is 8.43. The summed E-state index contributed by atoms with van der Waals surface area (Å²) in [5, 5.41) is 9.12. The summed E-state index contributed by atoms with van der Waals surface area (Å²) < 4.78 is 12.4. The summed E-state index contributed by atoms with van der Waals surface area (Å²) in [6.07, 6.45) is 8.77. The van der Waals surface area contributed by atoms with Gasteiger partial charge in [0.1, 0.15) is 17.6 Å². The Hall–Kier alpha value is -2.19. The summed E-state index contributed by atoms with van der Waals surface area (Å²) >= 11 is 0. The van der Waals surface area contributed by atoms with E-state index in [-0.39, 0.29) is 25.0 Å². The Kier molecular flexibility index (Phi) is 9.27. The molecule has 0 aromatic heterocycles. The molecule has 3 heterocycles. The predicted octanol–water partition coefficient (Wildman–Crippen LogP) is 3.63. The number of hydrogen-bond acceptors (Lipinski definition) is 6. The van der Waals surface area contributed by atoms with Crippen molar-refractivity contribution in [2.75, 3.05) is 26.3 Å². The van der Waals surface area contributed by atoms with Gasteiger partial charge in [-0.2, -0.15) is 0 Å². The van der Waals surface area contributed by atoms with E-state index in [2.05, 4.69) is 13.2 Å². The van der Waals surface area contributed by atoms with Crippen molar-refractivity contribution in [3.05, 3.63) is 25.3 Å². The van der Waals surface area contributed by atoms with Crippen LogP contribution in [0.15, 0.2) is 25.3 Å². The van der Waals surface area contributed by atoms with E-state index >= 15 is 0 Å². The zero-order valence-electron chi connectivity index (χ0n) is 23.2. The third kappa shape index (κ3) is 5.24. The molecule has 8 nitrogen and oxygen atoms in total. The van der Waals surface area contributed by atoms with Crippen LogP contribution >= 0.6 is 0 Å². The van der Waals surface area contributed by atoms with Gasteiger partial charge in [-0.3, -0.25) is 14.4 Å². The van der Waals surface area contributed by atoms with E-state index < -0.39 is 40.6 Å². The lowest BCUT2D eigenvalue weighted by Gasteiger charge is -2.42. The maximum atomic E-state index is 14.3. The molecule has 37 heavy (non-hydrogen) atoms. The zero-order valence-corrected chi connectivity index (χ0v) is 23.2. The van der Waals surface area contributed by atoms with Crippen molar-refractivity contribution in [3.8, 4) is 0 Å². The number of amides is 2. The average Bonchev–Trinajstić information content (AvgIpc) is 3.45. The van der Waals surface area contributed by atoms with Gasteiger partial charge in [0.25, 0.3) is 0 Å². The summed E-state index contributed by atoms with van der Waals surface area (Å²) in [7, 11) is 0. The molecule has 3 fully saturated rings. The van der Waals surface area contributed by atoms with Gasteiger partial charge in [0.15, 0.2) is 0 Å². The molecule has 5 atom stereocenters. The minimum absolute atomic E-state index is 0.139. The van der Waals surface area contributed by atoms with E-state index in [9.17, 15) is 14.4 Å². The molecule has 1 N–H and O–H groups in total. The molecule has 0 saturated carbocycles. The molecule has 3 saturated heterocycles. The van der Waals surface area contributed by atoms with Gasteiger partial charge in [0.05, 0.1) is 18.1 Å². The summed E-state index contributed by atoms with van der Waals surface area (Å²) in [6.45, 7) is 16.5. The molecule has 2 amide bonds. The smallest absolute Gasteiger partial charge is 0.312 e. The summed E-state index contributed by atoms with van der Waals surface area (Å²) in [5.74, 6) is -2.24. The molecule has 0 aromatic rings. The lowest BCUT2D eigenvalue weighted by atomic mass is 9.65. The lowest BCUT2D eigenvalue weighted by molar-refractivity contribution is -0.162. The number of likely N-dealkylation sites (tertiary alicyclic amines) is 1. The summed E-state index contributed by atoms with van der Waals surface area (Å²) in [4.78, 5) is 45.3. The van der Waals surface area contributed by atoms with Gasteiger partial charge in [0.2, 0.25) is 11.8 Å². The number of carbonyl (C=O) groups excluding carboxylic acids is 3. The highest BCUT2D eigenvalue weighted by Crippen LogP contribution is 2.64. The number of rotatable bonds is 14. The van der Waals surface area contributed by atoms with Crippen LogP contribution in [0.5, 0.6) is 0 Å². The molecule has 208 valence electrons. The van der Waals surface area contributed by atoms with E-state index in [4.69, 9.17) is 14.6 Å². The van der Waals surface area contributed by atoms with Crippen LogP contribution in [-0.2, 0) is 23.9 Å². The molecule has 0 aliphatic carbocycles. The van der Waals surface area contributed by atoms with Crippen LogP contribution in [0.25, 0.3) is 0 Å². The van der Waals surface area contributed by atoms with Gasteiger partial charge in [0, 0.05) is 25.2 Å². The Morgan fingerprint density at radius 3 is 2.49 bits per heavy atom. The quantitative estimate of drug-likeness (QED) is 0.214. The zero-order chi connectivity index (χ0) is 27.4. The Morgan fingerprint density at radius 1 is 1.19 bits per heavy atom. The van der Waals surface area contributed by atoms with E-state index in [0.717, 1.165) is 12.8 Å². The number of nitrogens with zero attached hydrogens (tertiary/aromatic N) is 2. The van der Waals surface area contributed by atoms with Crippen molar-refractivity contribution in [2.45, 2.75) is 102 Å². The largest absolute Gasteiger partial charge is 0.465 e. The summed E-state index contributed by atoms with van der Waals surface area (Å²) in [5.41, 5.74) is -2.34. The highest BCUT2D eigenvalue weighted by molar-refractivity contribution is 5.98. The molecule has 8 heteroatoms. The minimum atomic E-state index is -1.05. The fourth-order valence-corrected chi connectivity index (χ4v) is 6.65. The van der Waals surface area contributed by atoms with Crippen LogP contribution in [-0.4, -0.2) is 81.8 Å². The van der Waals surface area contributed by atoms with E-state index in [1.165, 1.54) is 0 Å². The molecule has 3 aliphatic heterocycles. The highest BCUT2D eigenvalue weighted by atomic mass is 16.6. The second-order valence-corrected chi connectivity index (χ2v) is 11.7. The van der Waals surface area contributed by atoms with E-state index in [0.29, 0.717) is 51.6 Å². The molecule has 1 spiro atoms. The number of carbonyl (C=O) groups is 3. The number of unbranched alkanes of at least 4 members (excludes halogenated alkanes) is 3. The van der Waals surface area contributed by atoms with Crippen molar-refractivity contribution in [1.29, 1.82) is 0 Å². The Balaban J connectivity index is 2.02. The number of esters is 1. The fourth-order valence-electron chi connectivity index (χ4n) is 6.65. The molecule has 0 radical (unpaired) electrons. The monoisotopic (exact) mass is 518 g/mol. The van der Waals surface area contributed by atoms with Gasteiger partial charge in [-0.15, -0.1) is 13.2 Å². The Labute approximate surface area is 222 Å². The van der Waals surface area contributed by atoms with Crippen molar-refractivity contribution in [3.63, 3.8) is 0 Å². The van der Waals surface area contributed by atoms with Crippen molar-refractivity contribution in [2.24, 2.45) is 11.8 Å². The number of hydrogen-bond donors (Lipinski definition) is 1. The molecular weight excluding hydrogens is 472 g/mol. The van der Waals surface area contributed by atoms with Gasteiger partial charge in [-0.05, 0) is 59.3 Å². The van der Waals surface area contributed by atoms with Crippen molar-refractivity contribution < 1.29 is 29.0 Å². The van der Waals surface area contributed by atoms with Crippen LogP contribution in [0.2, 0.25) is 0 Å². The van der Waals surface area contributed by atoms with Crippen LogP contribution in [0.3, 0.4) is 0 Å². The first-order chi connectivity index (χ1) is 17.5. The third-order valence-corrected chi connectivity index (χ3v) is 8.43. The first-order valence-corrected chi connectivity index (χ1v) is 13.9. The van der Waals surface area contributed by atoms with Crippen molar-refractivity contribution >= 4 is 17.8 Å². The first-order valence-electron chi connectivity index (χ1n) is 13.9. The highest BCUT2D eigenvalue weighted by Gasteiger charge is 2.79. The van der Waals surface area contributed by atoms with Crippen LogP contribution in [0, 0.1) is 11.8 Å². The molecule has 3 rings (SSSR count). The van der Waals surface area contributed by atoms with Crippen LogP contribution in [0.4, 0.5) is 0 Å². The number of ether oxygens (including phenoxy) is 2. The summed E-state index contributed by atoms with van der Waals surface area (Å²) in [6, 6.07) is -0.804. The predicted molar refractivity (Wildman–Crippen MR) is 142 cm³/mol. The second kappa shape index (κ2) is 11.7. The normalized spacial score (nSPS) is 30.4. The van der Waals surface area contributed by atoms with Gasteiger partial charge >= 0.3 is 5.97 Å². The average molecular weight is 519 g/mol.